The highest BCUT2D eigenvalue weighted by atomic mass is 19.1. The Morgan fingerprint density at radius 3 is 2.35 bits per heavy atom. The Bertz CT molecular complexity index is 319. The van der Waals surface area contributed by atoms with Crippen molar-refractivity contribution in [2.24, 2.45) is 0 Å². The zero-order chi connectivity index (χ0) is 12.7. The van der Waals surface area contributed by atoms with Crippen molar-refractivity contribution < 1.29 is 8.78 Å². The maximum Gasteiger partial charge on any atom is 0.129 e. The van der Waals surface area contributed by atoms with E-state index in [1.165, 1.54) is 18.2 Å². The quantitative estimate of drug-likeness (QED) is 0.718. The molecule has 1 atom stereocenters. The molecule has 0 spiro atoms. The summed E-state index contributed by atoms with van der Waals surface area (Å²) in [6.07, 6.45) is 4.79. The summed E-state index contributed by atoms with van der Waals surface area (Å²) in [5, 5.41) is 3.13. The topological polar surface area (TPSA) is 12.0 Å². The third kappa shape index (κ3) is 4.43. The summed E-state index contributed by atoms with van der Waals surface area (Å²) in [7, 11) is 1.84. The van der Waals surface area contributed by atoms with Crippen molar-refractivity contribution in [1.82, 2.24) is 5.32 Å². The van der Waals surface area contributed by atoms with Gasteiger partial charge in [-0.2, -0.15) is 0 Å². The first kappa shape index (κ1) is 14.1. The van der Waals surface area contributed by atoms with Crippen molar-refractivity contribution in [3.8, 4) is 0 Å². The monoisotopic (exact) mass is 241 g/mol. The van der Waals surface area contributed by atoms with Gasteiger partial charge in [-0.3, -0.25) is 0 Å². The van der Waals surface area contributed by atoms with Gasteiger partial charge in [0.25, 0.3) is 0 Å². The van der Waals surface area contributed by atoms with Crippen LogP contribution in [-0.2, 0) is 6.42 Å². The van der Waals surface area contributed by atoms with E-state index in [1.54, 1.807) is 0 Å². The number of rotatable bonds is 7. The minimum absolute atomic E-state index is 0.146. The lowest BCUT2D eigenvalue weighted by Gasteiger charge is -2.16. The van der Waals surface area contributed by atoms with Crippen molar-refractivity contribution in [3.05, 3.63) is 35.4 Å². The van der Waals surface area contributed by atoms with Gasteiger partial charge in [0.2, 0.25) is 0 Å². The van der Waals surface area contributed by atoms with Gasteiger partial charge >= 0.3 is 0 Å². The Hall–Kier alpha value is -0.960. The summed E-state index contributed by atoms with van der Waals surface area (Å²) in [4.78, 5) is 0. The van der Waals surface area contributed by atoms with Crippen LogP contribution in [0, 0.1) is 11.6 Å². The van der Waals surface area contributed by atoms with Crippen LogP contribution >= 0.6 is 0 Å². The fraction of sp³-hybridized carbons (Fsp3) is 0.571. The molecule has 0 saturated heterocycles. The van der Waals surface area contributed by atoms with Gasteiger partial charge < -0.3 is 5.32 Å². The summed E-state index contributed by atoms with van der Waals surface area (Å²) in [6, 6.07) is 4.18. The maximum atomic E-state index is 13.5. The van der Waals surface area contributed by atoms with Crippen molar-refractivity contribution >= 4 is 0 Å². The molecule has 96 valence electrons. The smallest absolute Gasteiger partial charge is 0.129 e. The van der Waals surface area contributed by atoms with Gasteiger partial charge in [0.15, 0.2) is 0 Å². The first-order chi connectivity index (χ1) is 8.19. The summed E-state index contributed by atoms with van der Waals surface area (Å²) in [6.45, 7) is 2.14. The predicted molar refractivity (Wildman–Crippen MR) is 67.1 cm³/mol. The largest absolute Gasteiger partial charge is 0.317 e. The molecular formula is C14H21F2N. The van der Waals surface area contributed by atoms with E-state index in [2.05, 4.69) is 12.2 Å². The van der Waals surface area contributed by atoms with E-state index in [0.717, 1.165) is 25.7 Å². The molecule has 1 aromatic rings. The highest BCUT2D eigenvalue weighted by molar-refractivity contribution is 5.20. The van der Waals surface area contributed by atoms with Crippen molar-refractivity contribution in [2.45, 2.75) is 45.1 Å². The Labute approximate surface area is 102 Å². The molecule has 1 N–H and O–H groups in total. The average molecular weight is 241 g/mol. The second-order valence-electron chi connectivity index (χ2n) is 4.39. The summed E-state index contributed by atoms with van der Waals surface area (Å²) < 4.78 is 26.9. The lowest BCUT2D eigenvalue weighted by molar-refractivity contribution is 0.465. The molecule has 17 heavy (non-hydrogen) atoms. The average Bonchev–Trinajstić information content (AvgIpc) is 2.32. The summed E-state index contributed by atoms with van der Waals surface area (Å²) in [5.41, 5.74) is 0.198. The standard InChI is InChI=1S/C14H21F2N/c1-3-4-5-7-11(17-2)10-12-13(15)8-6-9-14(12)16/h6,8-9,11,17H,3-5,7,10H2,1-2H3. The highest BCUT2D eigenvalue weighted by Gasteiger charge is 2.14. The van der Waals surface area contributed by atoms with Gasteiger partial charge in [0, 0.05) is 11.6 Å². The number of benzene rings is 1. The number of likely N-dealkylation sites (N-methyl/N-ethyl adjacent to an activating group) is 1. The van der Waals surface area contributed by atoms with Gasteiger partial charge in [-0.05, 0) is 32.0 Å². The molecule has 0 aliphatic heterocycles. The maximum absolute atomic E-state index is 13.5. The van der Waals surface area contributed by atoms with Gasteiger partial charge in [-0.15, -0.1) is 0 Å². The van der Waals surface area contributed by atoms with Crippen LogP contribution in [0.25, 0.3) is 0 Å². The molecule has 0 aromatic heterocycles. The molecule has 1 unspecified atom stereocenters. The van der Waals surface area contributed by atoms with Crippen LogP contribution in [0.4, 0.5) is 8.78 Å². The number of unbranched alkanes of at least 4 members (excludes halogenated alkanes) is 2. The number of halogens is 2. The van der Waals surface area contributed by atoms with Crippen LogP contribution in [0.3, 0.4) is 0 Å². The van der Waals surface area contributed by atoms with E-state index in [1.807, 2.05) is 7.05 Å². The van der Waals surface area contributed by atoms with Crippen molar-refractivity contribution in [3.63, 3.8) is 0 Å². The molecule has 1 nitrogen and oxygen atoms in total. The molecule has 1 aromatic carbocycles. The Morgan fingerprint density at radius 1 is 1.18 bits per heavy atom. The normalized spacial score (nSPS) is 12.7. The van der Waals surface area contributed by atoms with Gasteiger partial charge in [-0.25, -0.2) is 8.78 Å². The van der Waals surface area contributed by atoms with Crippen LogP contribution in [0.1, 0.15) is 38.2 Å². The number of hydrogen-bond donors (Lipinski definition) is 1. The lowest BCUT2D eigenvalue weighted by Crippen LogP contribution is -2.28. The van der Waals surface area contributed by atoms with E-state index in [9.17, 15) is 8.78 Å². The van der Waals surface area contributed by atoms with Crippen molar-refractivity contribution in [1.29, 1.82) is 0 Å². The molecule has 1 rings (SSSR count). The second-order valence-corrected chi connectivity index (χ2v) is 4.39. The second kappa shape index (κ2) is 7.38. The van der Waals surface area contributed by atoms with E-state index in [-0.39, 0.29) is 11.6 Å². The van der Waals surface area contributed by atoms with Gasteiger partial charge in [0.1, 0.15) is 11.6 Å². The van der Waals surface area contributed by atoms with Crippen LogP contribution in [0.5, 0.6) is 0 Å². The Kier molecular flexibility index (Phi) is 6.12. The zero-order valence-electron chi connectivity index (χ0n) is 10.6. The third-order valence-electron chi connectivity index (χ3n) is 3.08. The Morgan fingerprint density at radius 2 is 1.82 bits per heavy atom. The first-order valence-electron chi connectivity index (χ1n) is 6.29. The highest BCUT2D eigenvalue weighted by Crippen LogP contribution is 2.16. The minimum Gasteiger partial charge on any atom is -0.317 e. The van der Waals surface area contributed by atoms with E-state index in [0.29, 0.717) is 6.42 Å². The molecule has 0 aliphatic rings. The molecule has 3 heteroatoms. The van der Waals surface area contributed by atoms with Crippen molar-refractivity contribution in [2.75, 3.05) is 7.05 Å². The molecule has 0 fully saturated rings. The van der Waals surface area contributed by atoms with Gasteiger partial charge in [0.05, 0.1) is 0 Å². The lowest BCUT2D eigenvalue weighted by atomic mass is 10.00. The number of hydrogen-bond acceptors (Lipinski definition) is 1. The minimum atomic E-state index is -0.444. The van der Waals surface area contributed by atoms with Crippen LogP contribution in [-0.4, -0.2) is 13.1 Å². The third-order valence-corrected chi connectivity index (χ3v) is 3.08. The fourth-order valence-corrected chi connectivity index (χ4v) is 1.96. The molecule has 0 aliphatic carbocycles. The SMILES string of the molecule is CCCCCC(Cc1c(F)cccc1F)NC. The fourth-order valence-electron chi connectivity index (χ4n) is 1.96. The van der Waals surface area contributed by atoms with Crippen LogP contribution in [0.2, 0.25) is 0 Å². The number of nitrogens with one attached hydrogen (secondary N) is 1. The van der Waals surface area contributed by atoms with E-state index in [4.69, 9.17) is 0 Å². The molecular weight excluding hydrogens is 220 g/mol. The first-order valence-corrected chi connectivity index (χ1v) is 6.29. The summed E-state index contributed by atoms with van der Waals surface area (Å²) in [5.74, 6) is -0.888. The predicted octanol–water partition coefficient (Wildman–Crippen LogP) is 3.68. The molecule has 0 radical (unpaired) electrons. The molecule has 0 heterocycles. The van der Waals surface area contributed by atoms with E-state index >= 15 is 0 Å². The van der Waals surface area contributed by atoms with Gasteiger partial charge in [-0.1, -0.05) is 32.3 Å². The zero-order valence-corrected chi connectivity index (χ0v) is 10.6. The van der Waals surface area contributed by atoms with E-state index < -0.39 is 11.6 Å². The van der Waals surface area contributed by atoms with Crippen LogP contribution in [0.15, 0.2) is 18.2 Å². The molecule has 0 bridgehead atoms. The molecule has 0 amide bonds. The van der Waals surface area contributed by atoms with Crippen LogP contribution < -0.4 is 5.32 Å². The summed E-state index contributed by atoms with van der Waals surface area (Å²) >= 11 is 0. The molecule has 0 saturated carbocycles. The Balaban J connectivity index is 2.60.